The molecule has 1 rings (SSSR count). The Morgan fingerprint density at radius 2 is 2.14 bits per heavy atom. The molecule has 1 N–H and O–H groups in total. The molecule has 5 heteroatoms. The smallest absolute Gasteiger partial charge is 0.328 e. The molecular weight excluding hydrogens is 318 g/mol. The van der Waals surface area contributed by atoms with E-state index in [0.29, 0.717) is 5.02 Å². The normalized spacial score (nSPS) is 12.8. The van der Waals surface area contributed by atoms with Crippen molar-refractivity contribution in [2.45, 2.75) is 39.3 Å². The molecule has 0 amide bonds. The number of rotatable bonds is 9. The number of esters is 1. The number of allylic oxidation sites excluding steroid dienone is 1. The molecule has 122 valence electrons. The van der Waals surface area contributed by atoms with Gasteiger partial charge in [0, 0.05) is 5.02 Å². The van der Waals surface area contributed by atoms with Crippen LogP contribution in [0.2, 0.25) is 5.02 Å². The number of ether oxygens (including phenoxy) is 1. The zero-order chi connectivity index (χ0) is 16.4. The fourth-order valence-corrected chi connectivity index (χ4v) is 2.78. The van der Waals surface area contributed by atoms with Crippen molar-refractivity contribution in [2.75, 3.05) is 12.3 Å². The van der Waals surface area contributed by atoms with Crippen molar-refractivity contribution in [3.05, 3.63) is 46.3 Å². The highest BCUT2D eigenvalue weighted by Gasteiger charge is 2.24. The molecule has 1 unspecified atom stereocenters. The molecule has 1 atom stereocenters. The van der Waals surface area contributed by atoms with E-state index in [9.17, 15) is 4.79 Å². The van der Waals surface area contributed by atoms with Gasteiger partial charge in [0.05, 0.1) is 6.10 Å². The lowest BCUT2D eigenvalue weighted by Crippen LogP contribution is -2.32. The predicted molar refractivity (Wildman–Crippen MR) is 95.3 cm³/mol. The van der Waals surface area contributed by atoms with Crippen LogP contribution in [0.1, 0.15) is 38.8 Å². The summed E-state index contributed by atoms with van der Waals surface area (Å²) in [7, 11) is 0. The molecule has 0 aromatic heterocycles. The third-order valence-corrected chi connectivity index (χ3v) is 4.16. The minimum atomic E-state index is -0.525. The van der Waals surface area contributed by atoms with Crippen LogP contribution in [0.25, 0.3) is 0 Å². The molecule has 0 aliphatic heterocycles. The van der Waals surface area contributed by atoms with Crippen molar-refractivity contribution >= 4 is 29.3 Å². The van der Waals surface area contributed by atoms with E-state index in [2.05, 4.69) is 10.7 Å². The molecule has 1 aromatic rings. The standard InChI is InChI=1S/C17H24ClNO2S/c1-4-11-22-12-7-10-19-16(17(20)21-13(2)3)14-8-5-6-9-15(14)18/h4-6,8-9,11,13,16,19H,7,10,12H2,1-3H3/b11-4-. The maximum absolute atomic E-state index is 12.3. The van der Waals surface area contributed by atoms with Crippen LogP contribution in [0.4, 0.5) is 0 Å². The van der Waals surface area contributed by atoms with E-state index >= 15 is 0 Å². The van der Waals surface area contributed by atoms with Crippen molar-refractivity contribution < 1.29 is 9.53 Å². The van der Waals surface area contributed by atoms with Crippen LogP contribution < -0.4 is 5.32 Å². The summed E-state index contributed by atoms with van der Waals surface area (Å²) in [6.07, 6.45) is 2.83. The average molecular weight is 342 g/mol. The van der Waals surface area contributed by atoms with E-state index in [1.165, 1.54) is 0 Å². The van der Waals surface area contributed by atoms with Crippen molar-refractivity contribution in [1.29, 1.82) is 0 Å². The van der Waals surface area contributed by atoms with Crippen LogP contribution >= 0.6 is 23.4 Å². The Morgan fingerprint density at radius 1 is 1.41 bits per heavy atom. The van der Waals surface area contributed by atoms with Crippen LogP contribution in [-0.4, -0.2) is 24.4 Å². The summed E-state index contributed by atoms with van der Waals surface area (Å²) in [5, 5.41) is 5.90. The van der Waals surface area contributed by atoms with E-state index in [-0.39, 0.29) is 12.1 Å². The Labute approximate surface area is 142 Å². The first-order chi connectivity index (χ1) is 10.6. The van der Waals surface area contributed by atoms with Gasteiger partial charge >= 0.3 is 5.97 Å². The van der Waals surface area contributed by atoms with Gasteiger partial charge in [0.15, 0.2) is 0 Å². The molecule has 0 fully saturated rings. The van der Waals surface area contributed by atoms with Gasteiger partial charge in [0.25, 0.3) is 0 Å². The van der Waals surface area contributed by atoms with Crippen molar-refractivity contribution in [3.8, 4) is 0 Å². The second kappa shape index (κ2) is 10.7. The SMILES string of the molecule is C/C=C\SCCCNC(C(=O)OC(C)C)c1ccccc1Cl. The third-order valence-electron chi connectivity index (χ3n) is 2.82. The summed E-state index contributed by atoms with van der Waals surface area (Å²) in [6.45, 7) is 6.42. The molecule has 0 spiro atoms. The zero-order valence-corrected chi connectivity index (χ0v) is 14.9. The molecule has 0 saturated heterocycles. The number of carbonyl (C=O) groups is 1. The summed E-state index contributed by atoms with van der Waals surface area (Å²) in [5.74, 6) is 0.718. The van der Waals surface area contributed by atoms with Gasteiger partial charge in [0.2, 0.25) is 0 Å². The first-order valence-electron chi connectivity index (χ1n) is 7.47. The molecule has 3 nitrogen and oxygen atoms in total. The molecule has 0 aliphatic rings. The molecule has 0 saturated carbocycles. The van der Waals surface area contributed by atoms with Crippen LogP contribution in [-0.2, 0) is 9.53 Å². The van der Waals surface area contributed by atoms with E-state index in [1.54, 1.807) is 17.8 Å². The fraction of sp³-hybridized carbons (Fsp3) is 0.471. The summed E-state index contributed by atoms with van der Waals surface area (Å²) in [5.41, 5.74) is 0.760. The van der Waals surface area contributed by atoms with Gasteiger partial charge in [-0.15, -0.1) is 11.8 Å². The molecule has 0 aliphatic carbocycles. The van der Waals surface area contributed by atoms with Crippen molar-refractivity contribution in [2.24, 2.45) is 0 Å². The second-order valence-electron chi connectivity index (χ2n) is 5.09. The number of carbonyl (C=O) groups excluding carboxylic acids is 1. The first kappa shape index (κ1) is 19.1. The Kier molecular flexibility index (Phi) is 9.28. The maximum atomic E-state index is 12.3. The minimum absolute atomic E-state index is 0.149. The molecule has 0 radical (unpaired) electrons. The van der Waals surface area contributed by atoms with Crippen LogP contribution in [0, 0.1) is 0 Å². The highest BCUT2D eigenvalue weighted by Crippen LogP contribution is 2.24. The van der Waals surface area contributed by atoms with Gasteiger partial charge in [-0.3, -0.25) is 0 Å². The quantitative estimate of drug-likeness (QED) is 0.527. The number of hydrogen-bond donors (Lipinski definition) is 1. The van der Waals surface area contributed by atoms with Crippen LogP contribution in [0.15, 0.2) is 35.7 Å². The number of halogens is 1. The molecule has 0 bridgehead atoms. The predicted octanol–water partition coefficient (Wildman–Crippen LogP) is 4.58. The minimum Gasteiger partial charge on any atom is -0.462 e. The number of benzene rings is 1. The molecule has 0 heterocycles. The van der Waals surface area contributed by atoms with Gasteiger partial charge < -0.3 is 10.1 Å². The highest BCUT2D eigenvalue weighted by molar-refractivity contribution is 8.02. The summed E-state index contributed by atoms with van der Waals surface area (Å²) >= 11 is 7.98. The lowest BCUT2D eigenvalue weighted by molar-refractivity contribution is -0.150. The van der Waals surface area contributed by atoms with Crippen LogP contribution in [0.3, 0.4) is 0 Å². The Morgan fingerprint density at radius 3 is 2.77 bits per heavy atom. The van der Waals surface area contributed by atoms with Crippen LogP contribution in [0.5, 0.6) is 0 Å². The fourth-order valence-electron chi connectivity index (χ4n) is 1.90. The Hall–Kier alpha value is -0.970. The van der Waals surface area contributed by atoms with Gasteiger partial charge in [-0.25, -0.2) is 4.79 Å². The number of hydrogen-bond acceptors (Lipinski definition) is 4. The summed E-state index contributed by atoms with van der Waals surface area (Å²) in [4.78, 5) is 12.3. The highest BCUT2D eigenvalue weighted by atomic mass is 35.5. The first-order valence-corrected chi connectivity index (χ1v) is 8.90. The lowest BCUT2D eigenvalue weighted by Gasteiger charge is -2.20. The Balaban J connectivity index is 2.67. The third kappa shape index (κ3) is 6.86. The van der Waals surface area contributed by atoms with Crippen molar-refractivity contribution in [1.82, 2.24) is 5.32 Å². The number of thioether (sulfide) groups is 1. The van der Waals surface area contributed by atoms with Crippen molar-refractivity contribution in [3.63, 3.8) is 0 Å². The average Bonchev–Trinajstić information content (AvgIpc) is 2.47. The van der Waals surface area contributed by atoms with E-state index < -0.39 is 6.04 Å². The Bertz CT molecular complexity index is 491. The summed E-state index contributed by atoms with van der Waals surface area (Å²) in [6, 6.07) is 6.85. The van der Waals surface area contributed by atoms with Gasteiger partial charge in [-0.2, -0.15) is 0 Å². The van der Waals surface area contributed by atoms with Gasteiger partial charge in [0.1, 0.15) is 6.04 Å². The van der Waals surface area contributed by atoms with Gasteiger partial charge in [-0.05, 0) is 56.5 Å². The zero-order valence-electron chi connectivity index (χ0n) is 13.3. The topological polar surface area (TPSA) is 38.3 Å². The largest absolute Gasteiger partial charge is 0.462 e. The monoisotopic (exact) mass is 341 g/mol. The van der Waals surface area contributed by atoms with Gasteiger partial charge in [-0.1, -0.05) is 35.9 Å². The summed E-state index contributed by atoms with van der Waals surface area (Å²) < 4.78 is 5.34. The van der Waals surface area contributed by atoms with E-state index in [1.807, 2.05) is 45.0 Å². The lowest BCUT2D eigenvalue weighted by atomic mass is 10.1. The molecule has 22 heavy (non-hydrogen) atoms. The van der Waals surface area contributed by atoms with E-state index in [0.717, 1.165) is 24.3 Å². The second-order valence-corrected chi connectivity index (χ2v) is 6.51. The van der Waals surface area contributed by atoms with E-state index in [4.69, 9.17) is 16.3 Å². The molecular formula is C17H24ClNO2S. The maximum Gasteiger partial charge on any atom is 0.328 e. The molecule has 1 aromatic carbocycles. The number of nitrogens with one attached hydrogen (secondary N) is 1.